The number of carbonyl (C=O) groups excluding carboxylic acids is 1. The van der Waals surface area contributed by atoms with Gasteiger partial charge in [0.05, 0.1) is 5.69 Å². The Kier molecular flexibility index (Phi) is 7.98. The van der Waals surface area contributed by atoms with E-state index in [-0.39, 0.29) is 36.8 Å². The normalized spacial score (nSPS) is 27.0. The Morgan fingerprint density at radius 3 is 2.67 bits per heavy atom. The summed E-state index contributed by atoms with van der Waals surface area (Å²) in [6.45, 7) is 13.1. The number of aromatic hydroxyl groups is 1. The number of rotatable bonds is 7. The van der Waals surface area contributed by atoms with Crippen LogP contribution in [0.2, 0.25) is 0 Å². The first-order valence-electron chi connectivity index (χ1n) is 15.2. The molecule has 2 aliphatic heterocycles. The predicted molar refractivity (Wildman–Crippen MR) is 157 cm³/mol. The summed E-state index contributed by atoms with van der Waals surface area (Å²) in [4.78, 5) is 31.7. The quantitative estimate of drug-likeness (QED) is 0.378. The number of phenolic OH excluding ortho intramolecular Hbond substituents is 1. The first kappa shape index (κ1) is 29.3. The molecule has 3 aliphatic carbocycles. The van der Waals surface area contributed by atoms with Crippen LogP contribution in [0.1, 0.15) is 61.3 Å². The minimum Gasteiger partial charge on any atom is -0.508 e. The minimum absolute atomic E-state index is 0.0271. The summed E-state index contributed by atoms with van der Waals surface area (Å²) in [5.41, 5.74) is 1.54. The number of amides is 1. The number of hydrogen-bond acceptors (Lipinski definition) is 7. The van der Waals surface area contributed by atoms with E-state index in [0.29, 0.717) is 50.3 Å². The number of halogens is 2. The van der Waals surface area contributed by atoms with Gasteiger partial charge in [0, 0.05) is 48.6 Å². The summed E-state index contributed by atoms with van der Waals surface area (Å²) in [5, 5.41) is 10.8. The van der Waals surface area contributed by atoms with Crippen LogP contribution in [0.3, 0.4) is 0 Å². The Morgan fingerprint density at radius 2 is 2.00 bits per heavy atom. The molecule has 0 spiro atoms. The van der Waals surface area contributed by atoms with Crippen molar-refractivity contribution in [3.05, 3.63) is 64.7 Å². The molecule has 2 saturated heterocycles. The number of piperazine rings is 1. The number of fused-ring (bicyclic) bond motifs is 2. The third-order valence-corrected chi connectivity index (χ3v) is 10.0. The lowest BCUT2D eigenvalue weighted by Gasteiger charge is -2.41. The largest absolute Gasteiger partial charge is 0.508 e. The third-order valence-electron chi connectivity index (χ3n) is 10.0. The van der Waals surface area contributed by atoms with Gasteiger partial charge in [0.2, 0.25) is 6.54 Å². The summed E-state index contributed by atoms with van der Waals surface area (Å²) >= 11 is 0. The molecule has 2 bridgehead atoms. The van der Waals surface area contributed by atoms with Gasteiger partial charge in [0.25, 0.3) is 5.91 Å². The van der Waals surface area contributed by atoms with Crippen LogP contribution in [-0.2, 0) is 16.6 Å². The zero-order chi connectivity index (χ0) is 30.3. The Labute approximate surface area is 251 Å². The lowest BCUT2D eigenvalue weighted by molar-refractivity contribution is -0.131. The molecule has 2 aromatic rings. The number of likely N-dealkylation sites (N-methyl/N-ethyl adjacent to an activating group) is 1. The van der Waals surface area contributed by atoms with Crippen LogP contribution in [0.25, 0.3) is 4.85 Å². The average Bonchev–Trinajstić information content (AvgIpc) is 3.24. The fourth-order valence-corrected chi connectivity index (χ4v) is 7.76. The average molecular weight is 593 g/mol. The molecule has 3 fully saturated rings. The Bertz CT molecular complexity index is 1430. The van der Waals surface area contributed by atoms with E-state index in [1.807, 2.05) is 0 Å². The molecule has 0 radical (unpaired) electrons. The van der Waals surface area contributed by atoms with E-state index >= 15 is 4.39 Å². The maximum atomic E-state index is 15.3. The number of carbonyl (C=O) groups is 1. The van der Waals surface area contributed by atoms with Crippen molar-refractivity contribution in [1.82, 2.24) is 19.8 Å². The first-order chi connectivity index (χ1) is 20.7. The molecule has 1 aromatic carbocycles. The van der Waals surface area contributed by atoms with Crippen LogP contribution >= 0.6 is 0 Å². The van der Waals surface area contributed by atoms with Crippen molar-refractivity contribution in [3.63, 3.8) is 0 Å². The van der Waals surface area contributed by atoms with Gasteiger partial charge in [-0.05, 0) is 70.2 Å². The van der Waals surface area contributed by atoms with Crippen LogP contribution in [0.4, 0.5) is 14.6 Å². The smallest absolute Gasteiger partial charge is 0.318 e. The number of benzene rings is 1. The lowest BCUT2D eigenvalue weighted by atomic mass is 9.66. The molecule has 5 aliphatic rings. The molecule has 228 valence electrons. The van der Waals surface area contributed by atoms with Gasteiger partial charge >= 0.3 is 6.01 Å². The van der Waals surface area contributed by atoms with Crippen molar-refractivity contribution in [1.29, 1.82) is 0 Å². The summed E-state index contributed by atoms with van der Waals surface area (Å²) in [5.74, 6) is -1.42. The van der Waals surface area contributed by atoms with E-state index in [2.05, 4.69) is 28.3 Å². The highest BCUT2D eigenvalue weighted by Gasteiger charge is 2.47. The Balaban J connectivity index is 1.40. The van der Waals surface area contributed by atoms with Crippen LogP contribution in [-0.4, -0.2) is 89.2 Å². The molecular formula is C32H38F2N6O3. The molecule has 1 N–H and O–H groups in total. The molecule has 9 nitrogen and oxygen atoms in total. The second-order valence-corrected chi connectivity index (χ2v) is 12.5. The minimum atomic E-state index is -1.04. The molecule has 3 heterocycles. The fourth-order valence-electron chi connectivity index (χ4n) is 7.76. The topological polar surface area (TPSA) is 86.4 Å². The van der Waals surface area contributed by atoms with E-state index in [4.69, 9.17) is 21.3 Å². The van der Waals surface area contributed by atoms with Gasteiger partial charge in [0.15, 0.2) is 5.83 Å². The Hall–Kier alpha value is -3.78. The van der Waals surface area contributed by atoms with Crippen molar-refractivity contribution in [2.24, 2.45) is 0 Å². The maximum absolute atomic E-state index is 15.3. The molecule has 0 unspecified atom stereocenters. The third kappa shape index (κ3) is 5.42. The maximum Gasteiger partial charge on any atom is 0.318 e. The molecular weight excluding hydrogens is 554 g/mol. The highest BCUT2D eigenvalue weighted by atomic mass is 19.1. The van der Waals surface area contributed by atoms with Gasteiger partial charge in [-0.2, -0.15) is 9.97 Å². The van der Waals surface area contributed by atoms with Gasteiger partial charge < -0.3 is 29.4 Å². The number of nitrogens with zero attached hydrogens (tertiary/aromatic N) is 6. The number of anilines is 1. The fraction of sp³-hybridized carbons (Fsp3) is 0.562. The summed E-state index contributed by atoms with van der Waals surface area (Å²) in [7, 11) is 2.08. The summed E-state index contributed by atoms with van der Waals surface area (Å²) < 4.78 is 35.4. The lowest BCUT2D eigenvalue weighted by Crippen LogP contribution is -2.57. The molecule has 43 heavy (non-hydrogen) atoms. The number of hydrogen-bond donors (Lipinski definition) is 1. The van der Waals surface area contributed by atoms with Crippen LogP contribution in [0.15, 0.2) is 30.6 Å². The second kappa shape index (κ2) is 11.7. The highest BCUT2D eigenvalue weighted by molar-refractivity contribution is 5.91. The van der Waals surface area contributed by atoms with Crippen molar-refractivity contribution < 1.29 is 23.4 Å². The molecule has 7 rings (SSSR count). The van der Waals surface area contributed by atoms with Gasteiger partial charge in [-0.1, -0.05) is 12.6 Å². The van der Waals surface area contributed by atoms with Crippen molar-refractivity contribution in [2.75, 3.05) is 51.3 Å². The number of aromatic nitrogens is 2. The van der Waals surface area contributed by atoms with Gasteiger partial charge in [-0.25, -0.2) is 15.4 Å². The SMILES string of the molecule is [C-]#[N+]C[C@H]1CN(c2nc(OC[C@@H]3CCCN3C)nc3c2C2CCC(c4c(O)cccc4F)(CC2)C3)CCN1C(=O)C(=C)F. The van der Waals surface area contributed by atoms with E-state index in [1.54, 1.807) is 6.07 Å². The second-order valence-electron chi connectivity index (χ2n) is 12.5. The molecule has 2 atom stereocenters. The van der Waals surface area contributed by atoms with Crippen LogP contribution in [0.5, 0.6) is 11.8 Å². The predicted octanol–water partition coefficient (Wildman–Crippen LogP) is 4.37. The Morgan fingerprint density at radius 1 is 1.21 bits per heavy atom. The van der Waals surface area contributed by atoms with Gasteiger partial charge in [-0.15, -0.1) is 0 Å². The summed E-state index contributed by atoms with van der Waals surface area (Å²) in [6.07, 6.45) is 5.55. The molecule has 1 saturated carbocycles. The summed E-state index contributed by atoms with van der Waals surface area (Å²) in [6, 6.07) is 4.46. The van der Waals surface area contributed by atoms with Crippen molar-refractivity contribution in [2.45, 2.75) is 68.4 Å². The number of likely N-dealkylation sites (tertiary alicyclic amines) is 1. The number of ether oxygens (including phenoxy) is 1. The van der Waals surface area contributed by atoms with Gasteiger partial charge in [-0.3, -0.25) is 4.79 Å². The van der Waals surface area contributed by atoms with E-state index in [0.717, 1.165) is 43.5 Å². The van der Waals surface area contributed by atoms with Crippen molar-refractivity contribution in [3.8, 4) is 11.8 Å². The van der Waals surface area contributed by atoms with Gasteiger partial charge in [0.1, 0.15) is 30.0 Å². The monoisotopic (exact) mass is 592 g/mol. The molecule has 1 amide bonds. The number of phenols is 1. The standard InChI is InChI=1S/C32H38F2N6O3/c1-20(33)30(42)40-15-14-39(18-23(40)17-35-2)29-27-21-9-11-32(12-10-21,28-24(34)7-4-8-26(28)41)16-25(27)36-31(37-29)43-19-22-6-5-13-38(22)3/h4,7-8,21-23,41H,1,5-6,9-19H2,3H3/t21?,22-,23-,32?/m0/s1. The zero-order valence-electron chi connectivity index (χ0n) is 24.6. The van der Waals surface area contributed by atoms with Crippen LogP contribution in [0, 0.1) is 12.4 Å². The molecule has 11 heteroatoms. The highest BCUT2D eigenvalue weighted by Crippen LogP contribution is 2.55. The van der Waals surface area contributed by atoms with Crippen LogP contribution < -0.4 is 9.64 Å². The van der Waals surface area contributed by atoms with E-state index in [1.165, 1.54) is 17.0 Å². The zero-order valence-corrected chi connectivity index (χ0v) is 24.6. The van der Waals surface area contributed by atoms with E-state index in [9.17, 15) is 14.3 Å². The molecule has 1 aromatic heterocycles. The van der Waals surface area contributed by atoms with Crippen molar-refractivity contribution >= 4 is 11.7 Å². The van der Waals surface area contributed by atoms with E-state index < -0.39 is 29.0 Å². The first-order valence-corrected chi connectivity index (χ1v) is 15.2.